The minimum atomic E-state index is -1.24. The molecule has 1 aromatic heterocycles. The van der Waals surface area contributed by atoms with Gasteiger partial charge in [0.25, 0.3) is 5.91 Å². The van der Waals surface area contributed by atoms with Crippen LogP contribution in [0.1, 0.15) is 33.6 Å². The van der Waals surface area contributed by atoms with Gasteiger partial charge >= 0.3 is 5.97 Å². The van der Waals surface area contributed by atoms with Gasteiger partial charge < -0.3 is 19.7 Å². The molecule has 1 aliphatic heterocycles. The zero-order valence-corrected chi connectivity index (χ0v) is 21.7. The van der Waals surface area contributed by atoms with E-state index in [0.29, 0.717) is 29.8 Å². The Balaban J connectivity index is 1.70. The monoisotopic (exact) mass is 506 g/mol. The number of nitrogens with zero attached hydrogens (tertiary/aromatic N) is 1. The summed E-state index contributed by atoms with van der Waals surface area (Å²) in [5, 5.41) is 13.2. The highest BCUT2D eigenvalue weighted by Gasteiger charge is 2.29. The van der Waals surface area contributed by atoms with Gasteiger partial charge in [-0.25, -0.2) is 4.79 Å². The molecule has 6 nitrogen and oxygen atoms in total. The third-order valence-corrected chi connectivity index (χ3v) is 6.92. The highest BCUT2D eigenvalue weighted by atomic mass is 16.6. The zero-order chi connectivity index (χ0) is 26.8. The standard InChI is InChI=1S/C32H30N2O4/c1-20-9-13-23(14-10-20)29-28(31(36)33-26-7-5-4-6-8-26)22(3)34(18-17-25-19-27(35)38-32(25)37)30(29)24-15-11-21(2)12-16-24/h4-16,19,32,37H,17-18H2,1-3H3,(H,33,36). The molecule has 1 atom stereocenters. The maximum absolute atomic E-state index is 13.9. The van der Waals surface area contributed by atoms with E-state index in [0.717, 1.165) is 39.2 Å². The first-order chi connectivity index (χ1) is 18.3. The molecule has 0 spiro atoms. The molecule has 2 N–H and O–H groups in total. The van der Waals surface area contributed by atoms with Crippen LogP contribution in [-0.2, 0) is 16.1 Å². The van der Waals surface area contributed by atoms with E-state index < -0.39 is 12.3 Å². The summed E-state index contributed by atoms with van der Waals surface area (Å²) in [5.41, 5.74) is 8.54. The number of cyclic esters (lactones) is 1. The molecule has 6 heteroatoms. The summed E-state index contributed by atoms with van der Waals surface area (Å²) in [6.07, 6.45) is 0.506. The molecule has 1 amide bonds. The number of nitrogens with one attached hydrogen (secondary N) is 1. The molecule has 0 radical (unpaired) electrons. The predicted octanol–water partition coefficient (Wildman–Crippen LogP) is 6.19. The van der Waals surface area contributed by atoms with Crippen molar-refractivity contribution in [2.75, 3.05) is 5.32 Å². The minimum absolute atomic E-state index is 0.199. The molecule has 0 saturated heterocycles. The van der Waals surface area contributed by atoms with Crippen LogP contribution in [0.25, 0.3) is 22.4 Å². The molecule has 0 fully saturated rings. The Hall–Kier alpha value is -4.42. The number of hydrogen-bond acceptors (Lipinski definition) is 4. The van der Waals surface area contributed by atoms with Crippen LogP contribution in [0.2, 0.25) is 0 Å². The number of esters is 1. The van der Waals surface area contributed by atoms with E-state index in [-0.39, 0.29) is 5.91 Å². The second-order valence-electron chi connectivity index (χ2n) is 9.65. The number of aliphatic hydroxyl groups is 1. The maximum Gasteiger partial charge on any atom is 0.333 e. The van der Waals surface area contributed by atoms with Crippen LogP contribution in [0, 0.1) is 20.8 Å². The second kappa shape index (κ2) is 10.5. The first-order valence-corrected chi connectivity index (χ1v) is 12.6. The summed E-state index contributed by atoms with van der Waals surface area (Å²) >= 11 is 0. The summed E-state index contributed by atoms with van der Waals surface area (Å²) in [6.45, 7) is 6.47. The number of carbonyl (C=O) groups excluding carboxylic acids is 2. The van der Waals surface area contributed by atoms with Crippen molar-refractivity contribution in [3.8, 4) is 22.4 Å². The number of hydrogen-bond donors (Lipinski definition) is 2. The molecule has 192 valence electrons. The number of amides is 1. The van der Waals surface area contributed by atoms with E-state index in [1.165, 1.54) is 6.08 Å². The van der Waals surface area contributed by atoms with Crippen LogP contribution in [-0.4, -0.2) is 27.8 Å². The van der Waals surface area contributed by atoms with Crippen LogP contribution in [0.15, 0.2) is 90.5 Å². The highest BCUT2D eigenvalue weighted by Crippen LogP contribution is 2.40. The largest absolute Gasteiger partial charge is 0.429 e. The van der Waals surface area contributed by atoms with Gasteiger partial charge in [0.05, 0.1) is 11.3 Å². The van der Waals surface area contributed by atoms with E-state index in [9.17, 15) is 14.7 Å². The van der Waals surface area contributed by atoms with E-state index in [4.69, 9.17) is 4.74 Å². The molecule has 0 saturated carbocycles. The highest BCUT2D eigenvalue weighted by molar-refractivity contribution is 6.12. The van der Waals surface area contributed by atoms with Gasteiger partial charge in [0, 0.05) is 35.1 Å². The Labute approximate surface area is 222 Å². The van der Waals surface area contributed by atoms with Gasteiger partial charge in [-0.05, 0) is 50.5 Å². The SMILES string of the molecule is Cc1ccc(-c2c(C(=O)Nc3ccccc3)c(C)n(CCC3=CC(=O)OC3O)c2-c2ccc(C)cc2)cc1. The number of aromatic nitrogens is 1. The molecule has 4 aromatic rings. The lowest BCUT2D eigenvalue weighted by molar-refractivity contribution is -0.151. The van der Waals surface area contributed by atoms with Crippen molar-refractivity contribution < 1.29 is 19.4 Å². The number of aliphatic hydroxyl groups excluding tert-OH is 1. The van der Waals surface area contributed by atoms with Crippen LogP contribution < -0.4 is 5.32 Å². The van der Waals surface area contributed by atoms with Gasteiger partial charge in [0.15, 0.2) is 0 Å². The Kier molecular flexibility index (Phi) is 6.99. The molecule has 0 bridgehead atoms. The Morgan fingerprint density at radius 1 is 0.895 bits per heavy atom. The quantitative estimate of drug-likeness (QED) is 0.293. The predicted molar refractivity (Wildman–Crippen MR) is 149 cm³/mol. The molecule has 38 heavy (non-hydrogen) atoms. The normalized spacial score (nSPS) is 14.8. The van der Waals surface area contributed by atoms with E-state index >= 15 is 0 Å². The van der Waals surface area contributed by atoms with Crippen LogP contribution in [0.3, 0.4) is 0 Å². The molecule has 1 unspecified atom stereocenters. The Bertz CT molecular complexity index is 1510. The number of rotatable bonds is 7. The lowest BCUT2D eigenvalue weighted by Crippen LogP contribution is -2.15. The van der Waals surface area contributed by atoms with Gasteiger partial charge in [-0.15, -0.1) is 0 Å². The van der Waals surface area contributed by atoms with Crippen LogP contribution in [0.4, 0.5) is 5.69 Å². The van der Waals surface area contributed by atoms with Gasteiger partial charge in [-0.1, -0.05) is 77.9 Å². The van der Waals surface area contributed by atoms with E-state index in [2.05, 4.69) is 34.1 Å². The van der Waals surface area contributed by atoms with Crippen molar-refractivity contribution in [2.24, 2.45) is 0 Å². The van der Waals surface area contributed by atoms with Gasteiger partial charge in [-0.3, -0.25) is 4.79 Å². The Morgan fingerprint density at radius 2 is 1.50 bits per heavy atom. The van der Waals surface area contributed by atoms with Crippen molar-refractivity contribution in [2.45, 2.75) is 40.0 Å². The van der Waals surface area contributed by atoms with Crippen molar-refractivity contribution >= 4 is 17.6 Å². The molecule has 3 aromatic carbocycles. The minimum Gasteiger partial charge on any atom is -0.429 e. The molecule has 2 heterocycles. The number of carbonyl (C=O) groups is 2. The number of aryl methyl sites for hydroxylation is 2. The summed E-state index contributed by atoms with van der Waals surface area (Å²) < 4.78 is 6.99. The average molecular weight is 507 g/mol. The molecular formula is C32H30N2O4. The fraction of sp³-hybridized carbons (Fsp3) is 0.188. The fourth-order valence-corrected chi connectivity index (χ4v) is 4.90. The molecule has 1 aliphatic rings. The van der Waals surface area contributed by atoms with E-state index in [1.807, 2.05) is 75.4 Å². The first kappa shape index (κ1) is 25.2. The van der Waals surface area contributed by atoms with Crippen molar-refractivity contribution in [3.63, 3.8) is 0 Å². The van der Waals surface area contributed by atoms with E-state index in [1.54, 1.807) is 0 Å². The lowest BCUT2D eigenvalue weighted by atomic mass is 9.95. The summed E-state index contributed by atoms with van der Waals surface area (Å²) in [5.74, 6) is -0.742. The Morgan fingerprint density at radius 3 is 2.08 bits per heavy atom. The topological polar surface area (TPSA) is 80.6 Å². The van der Waals surface area contributed by atoms with Crippen LogP contribution in [0.5, 0.6) is 0 Å². The molecule has 0 aliphatic carbocycles. The first-order valence-electron chi connectivity index (χ1n) is 12.6. The summed E-state index contributed by atoms with van der Waals surface area (Å²) in [4.78, 5) is 25.5. The van der Waals surface area contributed by atoms with Crippen LogP contribution >= 0.6 is 0 Å². The number of para-hydroxylation sites is 1. The third-order valence-electron chi connectivity index (χ3n) is 6.92. The van der Waals surface area contributed by atoms with Crippen molar-refractivity contribution in [1.29, 1.82) is 0 Å². The maximum atomic E-state index is 13.9. The molecule has 5 rings (SSSR count). The van der Waals surface area contributed by atoms with Crippen molar-refractivity contribution in [1.82, 2.24) is 4.57 Å². The third kappa shape index (κ3) is 5.04. The van der Waals surface area contributed by atoms with Crippen molar-refractivity contribution in [3.05, 3.63) is 113 Å². The summed E-state index contributed by atoms with van der Waals surface area (Å²) in [6, 6.07) is 25.8. The lowest BCUT2D eigenvalue weighted by Gasteiger charge is -2.15. The zero-order valence-electron chi connectivity index (χ0n) is 21.7. The van der Waals surface area contributed by atoms with Gasteiger partial charge in [0.2, 0.25) is 6.29 Å². The number of anilines is 1. The average Bonchev–Trinajstić information content (AvgIpc) is 3.38. The molecular weight excluding hydrogens is 476 g/mol. The van der Waals surface area contributed by atoms with Gasteiger partial charge in [0.1, 0.15) is 0 Å². The number of benzene rings is 3. The number of ether oxygens (including phenoxy) is 1. The second-order valence-corrected chi connectivity index (χ2v) is 9.65. The fourth-order valence-electron chi connectivity index (χ4n) is 4.90. The smallest absolute Gasteiger partial charge is 0.333 e. The van der Waals surface area contributed by atoms with Gasteiger partial charge in [-0.2, -0.15) is 0 Å². The summed E-state index contributed by atoms with van der Waals surface area (Å²) in [7, 11) is 0.